The molecule has 1 aliphatic heterocycles. The van der Waals surface area contributed by atoms with Crippen molar-refractivity contribution in [3.8, 4) is 0 Å². The maximum Gasteiger partial charge on any atom is 0.417 e. The average Bonchev–Trinajstić information content (AvgIpc) is 2.45. The zero-order valence-electron chi connectivity index (χ0n) is 54.8. The van der Waals surface area contributed by atoms with Gasteiger partial charge < -0.3 is 55.6 Å². The number of hydrogen-bond donors (Lipinski definition) is 4. The monoisotopic (exact) mass is 1270 g/mol. The molecule has 88 heavy (non-hydrogen) atoms. The number of amides is 11. The Hall–Kier alpha value is -6.53. The maximum absolute atomic E-state index is 14.7. The fraction of sp³-hybridized carbons (Fsp3) is 0.726. The van der Waals surface area contributed by atoms with Gasteiger partial charge in [0.1, 0.15) is 41.8 Å². The van der Waals surface area contributed by atoms with E-state index < -0.39 is 155 Å². The summed E-state index contributed by atoms with van der Waals surface area (Å²) >= 11 is 6.08. The maximum atomic E-state index is 14.7. The predicted molar refractivity (Wildman–Crippen MR) is 327 cm³/mol. The van der Waals surface area contributed by atoms with E-state index >= 15 is 0 Å². The highest BCUT2D eigenvalue weighted by molar-refractivity contribution is 6.31. The Labute approximate surface area is 523 Å². The minimum absolute atomic E-state index is 0.0249. The van der Waals surface area contributed by atoms with Gasteiger partial charge in [0, 0.05) is 61.8 Å². The lowest BCUT2D eigenvalue weighted by Crippen LogP contribution is -2.63. The lowest BCUT2D eigenvalue weighted by molar-refractivity contribution is -0.149. The standard InChI is InChI=1S/C62H99ClF3N11O11/c1-18-38(6)53-59(87)73(13)34-51(80)71(11)35-52(81)76(16)48(32-41-22-20-19-21-23-41)58(86)72(12)33-49(78)67-45(27-25-42-24-26-43(44(63)31-42)62(64,65)66)55(83)68-47(29-37(4)5)57(85)77(17)61(9,10)60(88)69-46(28-36(2)3)56(84)74(14)39(7)30-50(79)75(15)40(8)54(82)70-53/h24,26,31,36-41,45-48,53H,18-23,25,27-30,32-35H2,1-17H3,(H,67,78)(H,68,83)(H,69,88)(H,70,82)/t38-,39+,40-,45-,46-,47-,48-,53-/m0/s1. The fourth-order valence-electron chi connectivity index (χ4n) is 10.7. The Morgan fingerprint density at radius 1 is 0.625 bits per heavy atom. The van der Waals surface area contributed by atoms with Crippen molar-refractivity contribution in [1.82, 2.24) is 55.6 Å². The largest absolute Gasteiger partial charge is 0.417 e. The van der Waals surface area contributed by atoms with Gasteiger partial charge in [0.25, 0.3) is 0 Å². The van der Waals surface area contributed by atoms with Gasteiger partial charge in [0.15, 0.2) is 0 Å². The number of alkyl halides is 3. The summed E-state index contributed by atoms with van der Waals surface area (Å²) in [5, 5.41) is 10.4. The molecule has 1 saturated carbocycles. The van der Waals surface area contributed by atoms with Crippen molar-refractivity contribution in [2.45, 2.75) is 200 Å². The average molecular weight is 1270 g/mol. The van der Waals surface area contributed by atoms with Gasteiger partial charge in [-0.1, -0.05) is 97.7 Å². The van der Waals surface area contributed by atoms with Gasteiger partial charge in [-0.3, -0.25) is 52.7 Å². The lowest BCUT2D eigenvalue weighted by Gasteiger charge is -2.39. The summed E-state index contributed by atoms with van der Waals surface area (Å²) in [5.41, 5.74) is -2.49. The number of hydrogen-bond acceptors (Lipinski definition) is 11. The topological polar surface area (TPSA) is 259 Å². The van der Waals surface area contributed by atoms with Gasteiger partial charge in [-0.05, 0) is 101 Å². The van der Waals surface area contributed by atoms with Crippen molar-refractivity contribution in [3.05, 3.63) is 34.3 Å². The summed E-state index contributed by atoms with van der Waals surface area (Å²) < 4.78 is 41.2. The number of carbonyl (C=O) groups excluding carboxylic acids is 11. The Morgan fingerprint density at radius 3 is 1.73 bits per heavy atom. The zero-order chi connectivity index (χ0) is 67.0. The lowest BCUT2D eigenvalue weighted by atomic mass is 9.84. The highest BCUT2D eigenvalue weighted by Gasteiger charge is 2.43. The van der Waals surface area contributed by atoms with Gasteiger partial charge in [-0.15, -0.1) is 0 Å². The number of rotatable bonds is 11. The molecule has 1 saturated heterocycles. The molecule has 0 aromatic heterocycles. The third-order valence-electron chi connectivity index (χ3n) is 17.4. The molecule has 0 unspecified atom stereocenters. The first-order chi connectivity index (χ1) is 40.7. The molecule has 1 aromatic rings. The molecule has 3 rings (SSSR count). The third-order valence-corrected chi connectivity index (χ3v) is 17.7. The first-order valence-corrected chi connectivity index (χ1v) is 31.0. The van der Waals surface area contributed by atoms with Gasteiger partial charge in [0.05, 0.1) is 30.2 Å². The first kappa shape index (κ1) is 75.7. The Bertz CT molecular complexity index is 2650. The summed E-state index contributed by atoms with van der Waals surface area (Å²) in [6, 6.07) is -5.00. The zero-order valence-corrected chi connectivity index (χ0v) is 55.6. The molecule has 4 N–H and O–H groups in total. The normalized spacial score (nSPS) is 25.3. The molecule has 11 amide bonds. The highest BCUT2D eigenvalue weighted by atomic mass is 35.5. The summed E-state index contributed by atoms with van der Waals surface area (Å²) in [5.74, 6) is -8.22. The van der Waals surface area contributed by atoms with Crippen LogP contribution in [0.3, 0.4) is 0 Å². The van der Waals surface area contributed by atoms with Crippen LogP contribution < -0.4 is 21.3 Å². The van der Waals surface area contributed by atoms with Crippen molar-refractivity contribution >= 4 is 76.6 Å². The molecule has 22 nitrogen and oxygen atoms in total. The van der Waals surface area contributed by atoms with E-state index in [1.165, 1.54) is 90.9 Å². The van der Waals surface area contributed by atoms with Crippen LogP contribution in [0, 0.1) is 23.7 Å². The predicted octanol–water partition coefficient (Wildman–Crippen LogP) is 4.88. The molecule has 2 fully saturated rings. The van der Waals surface area contributed by atoms with Gasteiger partial charge in [-0.2, -0.15) is 13.2 Å². The van der Waals surface area contributed by atoms with Gasteiger partial charge >= 0.3 is 6.18 Å². The number of carbonyl (C=O) groups is 11. The molecular formula is C62H99ClF3N11O11. The molecule has 1 aliphatic carbocycles. The van der Waals surface area contributed by atoms with Crippen LogP contribution in [0.25, 0.3) is 0 Å². The van der Waals surface area contributed by atoms with Crippen LogP contribution in [0.2, 0.25) is 5.02 Å². The Kier molecular flexibility index (Phi) is 28.7. The van der Waals surface area contributed by atoms with E-state index in [0.717, 1.165) is 63.8 Å². The number of aryl methyl sites for hydroxylation is 1. The molecule has 2 aliphatic rings. The number of nitrogens with one attached hydrogen (secondary N) is 4. The molecule has 0 spiro atoms. The molecular weight excluding hydrogens is 1170 g/mol. The summed E-state index contributed by atoms with van der Waals surface area (Å²) in [7, 11) is 9.78. The number of halogens is 4. The number of benzene rings is 1. The van der Waals surface area contributed by atoms with E-state index in [2.05, 4.69) is 21.3 Å². The van der Waals surface area contributed by atoms with Crippen molar-refractivity contribution in [3.63, 3.8) is 0 Å². The van der Waals surface area contributed by atoms with Crippen molar-refractivity contribution < 1.29 is 65.9 Å². The van der Waals surface area contributed by atoms with Crippen LogP contribution in [-0.2, 0) is 65.3 Å². The third kappa shape index (κ3) is 21.3. The van der Waals surface area contributed by atoms with E-state index in [0.29, 0.717) is 6.42 Å². The van der Waals surface area contributed by atoms with Crippen LogP contribution in [0.1, 0.15) is 151 Å². The quantitative estimate of drug-likeness (QED) is 0.232. The second kappa shape index (κ2) is 33.3. The van der Waals surface area contributed by atoms with E-state index in [9.17, 15) is 65.9 Å². The van der Waals surface area contributed by atoms with Crippen LogP contribution in [0.5, 0.6) is 0 Å². The Morgan fingerprint density at radius 2 is 1.18 bits per heavy atom. The summed E-state index contributed by atoms with van der Waals surface area (Å²) in [4.78, 5) is 165. The molecule has 0 radical (unpaired) electrons. The van der Waals surface area contributed by atoms with E-state index in [1.807, 2.05) is 20.8 Å². The van der Waals surface area contributed by atoms with Gasteiger partial charge in [-0.25, -0.2) is 0 Å². The summed E-state index contributed by atoms with van der Waals surface area (Å²) in [6.45, 7) is 15.2. The van der Waals surface area contributed by atoms with Gasteiger partial charge in [0.2, 0.25) is 65.0 Å². The number of likely N-dealkylation sites (N-methyl/N-ethyl adjacent to an activating group) is 7. The van der Waals surface area contributed by atoms with Crippen LogP contribution in [0.4, 0.5) is 13.2 Å². The molecule has 26 heteroatoms. The van der Waals surface area contributed by atoms with E-state index in [-0.39, 0.29) is 61.8 Å². The summed E-state index contributed by atoms with van der Waals surface area (Å²) in [6.07, 6.45) is -0.166. The fourth-order valence-corrected chi connectivity index (χ4v) is 11.0. The van der Waals surface area contributed by atoms with Crippen molar-refractivity contribution in [1.29, 1.82) is 0 Å². The van der Waals surface area contributed by atoms with Crippen molar-refractivity contribution in [2.24, 2.45) is 23.7 Å². The Balaban J connectivity index is 2.18. The second-order valence-electron chi connectivity index (χ2n) is 25.7. The molecule has 0 bridgehead atoms. The van der Waals surface area contributed by atoms with Crippen LogP contribution in [-0.4, -0.2) is 216 Å². The smallest absolute Gasteiger partial charge is 0.343 e. The SMILES string of the molecule is CC[C@H](C)[C@@H]1NC(=O)[C@H](C)N(C)C(=O)C[C@@H](C)N(C)C(=O)[C@H](CC(C)C)NC(=O)C(C)(C)N(C)C(=O)[C@H](CC(C)C)NC(=O)[C@H](CCc2ccc(C(F)(F)F)c(Cl)c2)NC(=O)CN(C)C(=O)[C@H](CC2CCCCC2)N(C)C(=O)CN(C)C(=O)CN(C)C1=O. The highest BCUT2D eigenvalue weighted by Crippen LogP contribution is 2.35. The minimum atomic E-state index is -4.76. The number of nitrogens with zero attached hydrogens (tertiary/aromatic N) is 7. The van der Waals surface area contributed by atoms with E-state index in [4.69, 9.17) is 11.6 Å². The second-order valence-corrected chi connectivity index (χ2v) is 26.1. The van der Waals surface area contributed by atoms with E-state index in [1.54, 1.807) is 27.7 Å². The first-order valence-electron chi connectivity index (χ1n) is 30.6. The molecule has 1 heterocycles. The molecule has 1 aromatic carbocycles. The molecule has 496 valence electrons. The van der Waals surface area contributed by atoms with Crippen LogP contribution >= 0.6 is 11.6 Å². The molecule has 8 atom stereocenters. The minimum Gasteiger partial charge on any atom is -0.343 e. The van der Waals surface area contributed by atoms with Crippen LogP contribution in [0.15, 0.2) is 18.2 Å². The van der Waals surface area contributed by atoms with Crippen molar-refractivity contribution in [2.75, 3.05) is 69.0 Å².